The minimum Gasteiger partial charge on any atom is -0.352 e. The normalized spacial score (nSPS) is 10.9. The summed E-state index contributed by atoms with van der Waals surface area (Å²) in [6, 6.07) is 15.4. The van der Waals surface area contributed by atoms with Crippen molar-refractivity contribution < 1.29 is 9.59 Å². The molecule has 2 N–H and O–H groups in total. The number of carbonyl (C=O) groups excluding carboxylic acids is 2. The first-order valence-electron chi connectivity index (χ1n) is 10.2. The minimum atomic E-state index is -0.0845. The fourth-order valence-electron chi connectivity index (χ4n) is 3.55. The molecule has 146 valence electrons. The van der Waals surface area contributed by atoms with Crippen LogP contribution in [0.15, 0.2) is 48.5 Å². The molecule has 0 aliphatic carbocycles. The summed E-state index contributed by atoms with van der Waals surface area (Å²) in [6.07, 6.45) is 3.94. The molecule has 4 heteroatoms. The van der Waals surface area contributed by atoms with Gasteiger partial charge in [0.05, 0.1) is 11.1 Å². The van der Waals surface area contributed by atoms with Crippen LogP contribution in [0.2, 0.25) is 0 Å². The van der Waals surface area contributed by atoms with Crippen molar-refractivity contribution in [3.05, 3.63) is 59.7 Å². The van der Waals surface area contributed by atoms with Gasteiger partial charge in [-0.15, -0.1) is 0 Å². The first-order valence-corrected chi connectivity index (χ1v) is 10.2. The molecule has 0 bridgehead atoms. The van der Waals surface area contributed by atoms with Crippen LogP contribution in [0.3, 0.4) is 0 Å². The highest BCUT2D eigenvalue weighted by molar-refractivity contribution is 6.26. The van der Waals surface area contributed by atoms with E-state index in [1.54, 1.807) is 0 Å². The fraction of sp³-hybridized carbons (Fsp3) is 0.333. The van der Waals surface area contributed by atoms with Crippen LogP contribution in [-0.4, -0.2) is 24.9 Å². The van der Waals surface area contributed by atoms with Gasteiger partial charge in [-0.2, -0.15) is 0 Å². The van der Waals surface area contributed by atoms with Crippen LogP contribution in [0, 0.1) is 0 Å². The smallest absolute Gasteiger partial charge is 0.252 e. The number of benzene rings is 3. The van der Waals surface area contributed by atoms with Crippen LogP contribution in [0.4, 0.5) is 0 Å². The molecular weight excluding hydrogens is 348 g/mol. The van der Waals surface area contributed by atoms with Gasteiger partial charge in [0.2, 0.25) is 0 Å². The Morgan fingerprint density at radius 1 is 0.643 bits per heavy atom. The first-order chi connectivity index (χ1) is 13.7. The molecule has 0 saturated heterocycles. The predicted octanol–water partition coefficient (Wildman–Crippen LogP) is 5.05. The van der Waals surface area contributed by atoms with Gasteiger partial charge in [0.15, 0.2) is 0 Å². The molecule has 4 nitrogen and oxygen atoms in total. The largest absolute Gasteiger partial charge is 0.352 e. The lowest BCUT2D eigenvalue weighted by Crippen LogP contribution is -2.27. The van der Waals surface area contributed by atoms with Crippen molar-refractivity contribution in [2.24, 2.45) is 0 Å². The summed E-state index contributed by atoms with van der Waals surface area (Å²) in [5.74, 6) is -0.169. The second-order valence-corrected chi connectivity index (χ2v) is 7.06. The zero-order chi connectivity index (χ0) is 19.9. The first kappa shape index (κ1) is 19.9. The number of rotatable bonds is 8. The number of fused-ring (bicyclic) bond motifs is 2. The third-order valence-electron chi connectivity index (χ3n) is 5.02. The average molecular weight is 377 g/mol. The molecule has 0 spiro atoms. The van der Waals surface area contributed by atoms with E-state index in [9.17, 15) is 9.59 Å². The van der Waals surface area contributed by atoms with Gasteiger partial charge >= 0.3 is 0 Å². The maximum Gasteiger partial charge on any atom is 0.252 e. The lowest BCUT2D eigenvalue weighted by Gasteiger charge is -2.16. The molecule has 0 fully saturated rings. The molecular formula is C24H28N2O2. The van der Waals surface area contributed by atoms with E-state index in [0.29, 0.717) is 24.2 Å². The molecule has 0 saturated carbocycles. The van der Waals surface area contributed by atoms with Gasteiger partial charge in [-0.25, -0.2) is 0 Å². The van der Waals surface area contributed by atoms with Crippen molar-refractivity contribution in [1.82, 2.24) is 10.6 Å². The molecule has 0 heterocycles. The second kappa shape index (κ2) is 9.36. The van der Waals surface area contributed by atoms with E-state index in [1.807, 2.05) is 48.5 Å². The molecule has 3 aromatic carbocycles. The van der Waals surface area contributed by atoms with Crippen LogP contribution in [0.25, 0.3) is 21.5 Å². The molecule has 0 atom stereocenters. The molecule has 3 aromatic rings. The summed E-state index contributed by atoms with van der Waals surface area (Å²) in [5.41, 5.74) is 1.29. The molecule has 0 aliphatic rings. The number of amides is 2. The van der Waals surface area contributed by atoms with Gasteiger partial charge < -0.3 is 10.6 Å². The SMILES string of the molecule is CCCCNC(=O)c1c2ccccc2c(C(=O)NCCCC)c2ccccc12. The standard InChI is InChI=1S/C24H28N2O2/c1-3-5-15-25-23(27)21-17-11-7-9-13-19(17)22(24(28)26-16-6-4-2)20-14-10-8-12-18(20)21/h7-14H,3-6,15-16H2,1-2H3,(H,25,27)(H,26,28). The van der Waals surface area contributed by atoms with Gasteiger partial charge in [-0.1, -0.05) is 75.2 Å². The molecule has 28 heavy (non-hydrogen) atoms. The van der Waals surface area contributed by atoms with Gasteiger partial charge in [-0.3, -0.25) is 9.59 Å². The summed E-state index contributed by atoms with van der Waals surface area (Å²) in [5, 5.41) is 9.33. The van der Waals surface area contributed by atoms with Gasteiger partial charge in [0.25, 0.3) is 11.8 Å². The van der Waals surface area contributed by atoms with Crippen LogP contribution in [-0.2, 0) is 0 Å². The Hall–Kier alpha value is -2.88. The van der Waals surface area contributed by atoms with E-state index < -0.39 is 0 Å². The van der Waals surface area contributed by atoms with Crippen LogP contribution >= 0.6 is 0 Å². The Morgan fingerprint density at radius 2 is 0.964 bits per heavy atom. The molecule has 0 radical (unpaired) electrons. The minimum absolute atomic E-state index is 0.0845. The van der Waals surface area contributed by atoms with E-state index in [2.05, 4.69) is 24.5 Å². The summed E-state index contributed by atoms with van der Waals surface area (Å²) < 4.78 is 0. The number of hydrogen-bond acceptors (Lipinski definition) is 2. The Morgan fingerprint density at radius 3 is 1.25 bits per heavy atom. The number of nitrogens with one attached hydrogen (secondary N) is 2. The lowest BCUT2D eigenvalue weighted by molar-refractivity contribution is 0.0946. The average Bonchev–Trinajstić information content (AvgIpc) is 2.72. The zero-order valence-electron chi connectivity index (χ0n) is 16.7. The number of carbonyl (C=O) groups is 2. The zero-order valence-corrected chi connectivity index (χ0v) is 16.7. The van der Waals surface area contributed by atoms with E-state index in [-0.39, 0.29) is 11.8 Å². The Bertz CT molecular complexity index is 857. The third-order valence-corrected chi connectivity index (χ3v) is 5.02. The van der Waals surface area contributed by atoms with Crippen LogP contribution < -0.4 is 10.6 Å². The van der Waals surface area contributed by atoms with Crippen molar-refractivity contribution in [3.8, 4) is 0 Å². The van der Waals surface area contributed by atoms with Gasteiger partial charge in [0.1, 0.15) is 0 Å². The summed E-state index contributed by atoms with van der Waals surface area (Å²) >= 11 is 0. The maximum absolute atomic E-state index is 13.0. The Kier molecular flexibility index (Phi) is 6.64. The Labute approximate surface area is 166 Å². The quantitative estimate of drug-likeness (QED) is 0.427. The number of unbranched alkanes of at least 4 members (excludes halogenated alkanes) is 2. The Balaban J connectivity index is 2.18. The van der Waals surface area contributed by atoms with E-state index in [0.717, 1.165) is 47.2 Å². The third kappa shape index (κ3) is 4.01. The molecule has 3 rings (SSSR count). The van der Waals surface area contributed by atoms with Crippen molar-refractivity contribution in [1.29, 1.82) is 0 Å². The van der Waals surface area contributed by atoms with E-state index in [4.69, 9.17) is 0 Å². The van der Waals surface area contributed by atoms with Crippen molar-refractivity contribution in [2.45, 2.75) is 39.5 Å². The predicted molar refractivity (Wildman–Crippen MR) is 116 cm³/mol. The summed E-state index contributed by atoms with van der Waals surface area (Å²) in [4.78, 5) is 26.1. The monoisotopic (exact) mass is 376 g/mol. The van der Waals surface area contributed by atoms with Crippen molar-refractivity contribution >= 4 is 33.4 Å². The van der Waals surface area contributed by atoms with Crippen molar-refractivity contribution in [2.75, 3.05) is 13.1 Å². The highest BCUT2D eigenvalue weighted by atomic mass is 16.2. The van der Waals surface area contributed by atoms with Gasteiger partial charge in [-0.05, 0) is 34.4 Å². The highest BCUT2D eigenvalue weighted by Gasteiger charge is 2.21. The van der Waals surface area contributed by atoms with Crippen LogP contribution in [0.5, 0.6) is 0 Å². The van der Waals surface area contributed by atoms with Crippen molar-refractivity contribution in [3.63, 3.8) is 0 Å². The fourth-order valence-corrected chi connectivity index (χ4v) is 3.55. The van der Waals surface area contributed by atoms with Gasteiger partial charge in [0, 0.05) is 13.1 Å². The lowest BCUT2D eigenvalue weighted by atomic mass is 9.91. The second-order valence-electron chi connectivity index (χ2n) is 7.06. The molecule has 2 amide bonds. The topological polar surface area (TPSA) is 58.2 Å². The maximum atomic E-state index is 13.0. The highest BCUT2D eigenvalue weighted by Crippen LogP contribution is 2.33. The number of hydrogen-bond donors (Lipinski definition) is 2. The molecule has 0 unspecified atom stereocenters. The van der Waals surface area contributed by atoms with Crippen LogP contribution in [0.1, 0.15) is 60.2 Å². The molecule has 0 aliphatic heterocycles. The molecule has 0 aromatic heterocycles. The van der Waals surface area contributed by atoms with E-state index in [1.165, 1.54) is 0 Å². The summed E-state index contributed by atoms with van der Waals surface area (Å²) in [6.45, 7) is 5.50. The van der Waals surface area contributed by atoms with E-state index >= 15 is 0 Å². The summed E-state index contributed by atoms with van der Waals surface area (Å²) in [7, 11) is 0.